The van der Waals surface area contributed by atoms with Gasteiger partial charge in [-0.1, -0.05) is 0 Å². The van der Waals surface area contributed by atoms with Gasteiger partial charge in [-0.15, -0.1) is 11.8 Å². The summed E-state index contributed by atoms with van der Waals surface area (Å²) in [6.07, 6.45) is 1.22. The van der Waals surface area contributed by atoms with Crippen LogP contribution in [0.1, 0.15) is 61.4 Å². The summed E-state index contributed by atoms with van der Waals surface area (Å²) >= 11 is 1.61. The van der Waals surface area contributed by atoms with E-state index in [0.717, 1.165) is 17.8 Å². The Labute approximate surface area is 158 Å². The Morgan fingerprint density at radius 3 is 2.69 bits per heavy atom. The molecule has 1 amide bonds. The first-order chi connectivity index (χ1) is 12.2. The molecule has 0 aromatic carbocycles. The van der Waals surface area contributed by atoms with Crippen LogP contribution in [-0.4, -0.2) is 50.4 Å². The van der Waals surface area contributed by atoms with Crippen molar-refractivity contribution < 1.29 is 19.1 Å². The summed E-state index contributed by atoms with van der Waals surface area (Å²) < 4.78 is 7.40. The summed E-state index contributed by atoms with van der Waals surface area (Å²) in [4.78, 5) is 38.5. The van der Waals surface area contributed by atoms with Gasteiger partial charge in [-0.3, -0.25) is 9.59 Å². The molecule has 142 valence electrons. The number of Topliss-reactive ketones (excluding diaryl/α,β-unsaturated/α-hetero) is 1. The maximum Gasteiger partial charge on any atom is 0.330 e. The van der Waals surface area contributed by atoms with Crippen molar-refractivity contribution in [1.82, 2.24) is 9.47 Å². The van der Waals surface area contributed by atoms with Crippen LogP contribution in [0.4, 0.5) is 0 Å². The molecule has 2 aliphatic rings. The molecule has 3 heterocycles. The predicted molar refractivity (Wildman–Crippen MR) is 100 cm³/mol. The van der Waals surface area contributed by atoms with Crippen molar-refractivity contribution in [2.24, 2.45) is 0 Å². The summed E-state index contributed by atoms with van der Waals surface area (Å²) in [6.45, 7) is 9.70. The Morgan fingerprint density at radius 2 is 2.08 bits per heavy atom. The van der Waals surface area contributed by atoms with Crippen LogP contribution < -0.4 is 0 Å². The number of aryl methyl sites for hydroxylation is 1. The van der Waals surface area contributed by atoms with Gasteiger partial charge in [0.1, 0.15) is 6.04 Å². The molecule has 0 saturated carbocycles. The van der Waals surface area contributed by atoms with Gasteiger partial charge in [0, 0.05) is 35.2 Å². The van der Waals surface area contributed by atoms with Gasteiger partial charge in [0.15, 0.2) is 6.61 Å². The molecule has 26 heavy (non-hydrogen) atoms. The Balaban J connectivity index is 1.66. The van der Waals surface area contributed by atoms with Crippen LogP contribution in [0.2, 0.25) is 0 Å². The fourth-order valence-corrected chi connectivity index (χ4v) is 5.58. The Kier molecular flexibility index (Phi) is 4.94. The Bertz CT molecular complexity index is 770. The van der Waals surface area contributed by atoms with Gasteiger partial charge in [-0.05, 0) is 47.1 Å². The Hall–Kier alpha value is -1.76. The number of ketones is 1. The van der Waals surface area contributed by atoms with E-state index in [1.54, 1.807) is 16.7 Å². The summed E-state index contributed by atoms with van der Waals surface area (Å²) in [6, 6.07) is 1.52. The van der Waals surface area contributed by atoms with E-state index >= 15 is 0 Å². The molecule has 3 rings (SSSR count). The minimum absolute atomic E-state index is 0.00810. The molecule has 2 atom stereocenters. The molecule has 0 unspecified atom stereocenters. The van der Waals surface area contributed by atoms with Gasteiger partial charge >= 0.3 is 5.97 Å². The van der Waals surface area contributed by atoms with Gasteiger partial charge in [0.25, 0.3) is 0 Å². The van der Waals surface area contributed by atoms with E-state index in [1.807, 2.05) is 26.8 Å². The van der Waals surface area contributed by atoms with Crippen molar-refractivity contribution in [3.05, 3.63) is 23.0 Å². The lowest BCUT2D eigenvalue weighted by Crippen LogP contribution is -2.46. The zero-order chi connectivity index (χ0) is 19.2. The zero-order valence-corrected chi connectivity index (χ0v) is 16.8. The highest BCUT2D eigenvalue weighted by molar-refractivity contribution is 8.01. The standard InChI is InChI=1S/C19H26N2O4S/c1-11(2)20-12(3)8-14(13(20)4)16(22)9-25-18(24)15-10-26-19(5)7-6-17(23)21(15)19/h8,11,15H,6-7,9-10H2,1-5H3/t15-,19-/m1/s1. The lowest BCUT2D eigenvalue weighted by atomic mass is 10.1. The molecule has 2 aliphatic heterocycles. The number of carbonyl (C=O) groups is 3. The molecular weight excluding hydrogens is 352 g/mol. The van der Waals surface area contributed by atoms with Crippen molar-refractivity contribution in [2.45, 2.75) is 64.4 Å². The second-order valence-electron chi connectivity index (χ2n) is 7.55. The van der Waals surface area contributed by atoms with E-state index in [4.69, 9.17) is 4.74 Å². The summed E-state index contributed by atoms with van der Waals surface area (Å²) in [5.74, 6) is -0.176. The molecule has 2 saturated heterocycles. The van der Waals surface area contributed by atoms with Gasteiger partial charge in [0.05, 0.1) is 4.87 Å². The number of hydrogen-bond donors (Lipinski definition) is 0. The van der Waals surface area contributed by atoms with Crippen molar-refractivity contribution >= 4 is 29.4 Å². The normalized spacial score (nSPS) is 25.1. The number of nitrogens with zero attached hydrogens (tertiary/aromatic N) is 2. The minimum Gasteiger partial charge on any atom is -0.456 e. The van der Waals surface area contributed by atoms with Crippen LogP contribution in [0.3, 0.4) is 0 Å². The first-order valence-electron chi connectivity index (χ1n) is 9.00. The molecule has 1 aromatic heterocycles. The van der Waals surface area contributed by atoms with E-state index < -0.39 is 12.0 Å². The van der Waals surface area contributed by atoms with E-state index in [-0.39, 0.29) is 29.2 Å². The lowest BCUT2D eigenvalue weighted by molar-refractivity contribution is -0.152. The van der Waals surface area contributed by atoms with Crippen LogP contribution in [0.5, 0.6) is 0 Å². The summed E-state index contributed by atoms with van der Waals surface area (Å²) in [5, 5.41) is 0. The van der Waals surface area contributed by atoms with E-state index in [0.29, 0.717) is 17.7 Å². The first kappa shape index (κ1) is 19.0. The number of fused-ring (bicyclic) bond motifs is 1. The van der Waals surface area contributed by atoms with E-state index in [1.165, 1.54) is 0 Å². The zero-order valence-electron chi connectivity index (χ0n) is 16.0. The van der Waals surface area contributed by atoms with Gasteiger partial charge < -0.3 is 14.2 Å². The number of hydrogen-bond acceptors (Lipinski definition) is 5. The van der Waals surface area contributed by atoms with E-state index in [9.17, 15) is 14.4 Å². The number of aromatic nitrogens is 1. The Morgan fingerprint density at radius 1 is 1.38 bits per heavy atom. The maximum atomic E-state index is 12.6. The summed E-state index contributed by atoms with van der Waals surface area (Å²) in [7, 11) is 0. The first-order valence-corrected chi connectivity index (χ1v) is 9.98. The number of amides is 1. The number of ether oxygens (including phenoxy) is 1. The average Bonchev–Trinajstić information content (AvgIpc) is 3.16. The minimum atomic E-state index is -0.587. The van der Waals surface area contributed by atoms with Crippen molar-refractivity contribution in [3.63, 3.8) is 0 Å². The van der Waals surface area contributed by atoms with Crippen LogP contribution in [0.15, 0.2) is 6.07 Å². The predicted octanol–water partition coefficient (Wildman–Crippen LogP) is 2.87. The second kappa shape index (κ2) is 6.76. The largest absolute Gasteiger partial charge is 0.456 e. The van der Waals surface area contributed by atoms with Crippen LogP contribution in [0, 0.1) is 13.8 Å². The quantitative estimate of drug-likeness (QED) is 0.582. The smallest absolute Gasteiger partial charge is 0.330 e. The summed E-state index contributed by atoms with van der Waals surface area (Å²) in [5.41, 5.74) is 2.49. The third-order valence-electron chi connectivity index (χ3n) is 5.36. The molecule has 1 aromatic rings. The fraction of sp³-hybridized carbons (Fsp3) is 0.632. The number of thioether (sulfide) groups is 1. The number of rotatable bonds is 5. The highest BCUT2D eigenvalue weighted by atomic mass is 32.2. The second-order valence-corrected chi connectivity index (χ2v) is 9.05. The molecule has 7 heteroatoms. The highest BCUT2D eigenvalue weighted by Crippen LogP contribution is 2.47. The van der Waals surface area contributed by atoms with Gasteiger partial charge in [-0.25, -0.2) is 4.79 Å². The van der Waals surface area contributed by atoms with Crippen LogP contribution >= 0.6 is 11.8 Å². The molecular formula is C19H26N2O4S. The van der Waals surface area contributed by atoms with Crippen molar-refractivity contribution in [3.8, 4) is 0 Å². The molecule has 0 N–H and O–H groups in total. The molecule has 0 radical (unpaired) electrons. The highest BCUT2D eigenvalue weighted by Gasteiger charge is 2.53. The third kappa shape index (κ3) is 3.06. The molecule has 6 nitrogen and oxygen atoms in total. The van der Waals surface area contributed by atoms with Crippen LogP contribution in [0.25, 0.3) is 0 Å². The number of carbonyl (C=O) groups excluding carboxylic acids is 3. The van der Waals surface area contributed by atoms with Gasteiger partial charge in [0.2, 0.25) is 11.7 Å². The molecule has 2 fully saturated rings. The SMILES string of the molecule is Cc1cc(C(=O)COC(=O)[C@H]2CS[C@]3(C)CCC(=O)N23)c(C)n1C(C)C. The molecule has 0 spiro atoms. The van der Waals surface area contributed by atoms with Crippen molar-refractivity contribution in [2.75, 3.05) is 12.4 Å². The number of esters is 1. The average molecular weight is 378 g/mol. The van der Waals surface area contributed by atoms with Gasteiger partial charge in [-0.2, -0.15) is 0 Å². The van der Waals surface area contributed by atoms with Crippen LogP contribution in [-0.2, 0) is 14.3 Å². The lowest BCUT2D eigenvalue weighted by Gasteiger charge is -2.29. The van der Waals surface area contributed by atoms with E-state index in [2.05, 4.69) is 18.4 Å². The maximum absolute atomic E-state index is 12.6. The molecule has 0 bridgehead atoms. The monoisotopic (exact) mass is 378 g/mol. The topological polar surface area (TPSA) is 68.6 Å². The molecule has 0 aliphatic carbocycles. The van der Waals surface area contributed by atoms with Crippen molar-refractivity contribution in [1.29, 1.82) is 0 Å². The fourth-order valence-electron chi connectivity index (χ4n) is 4.16. The third-order valence-corrected chi connectivity index (χ3v) is 6.87.